The van der Waals surface area contributed by atoms with E-state index >= 15 is 0 Å². The Bertz CT molecular complexity index is 1160. The second-order valence-electron chi connectivity index (χ2n) is 13.9. The third-order valence-corrected chi connectivity index (χ3v) is 11.8. The summed E-state index contributed by atoms with van der Waals surface area (Å²) < 4.78 is 6.27. The smallest absolute Gasteiger partial charge is 0.315 e. The van der Waals surface area contributed by atoms with Gasteiger partial charge in [0.15, 0.2) is 0 Å². The highest BCUT2D eigenvalue weighted by atomic mass is 16.5. The first-order valence-corrected chi connectivity index (χ1v) is 15.5. The number of nitrogens with zero attached hydrogens (tertiary/aromatic N) is 2. The Morgan fingerprint density at radius 1 is 1.10 bits per heavy atom. The fraction of sp³-hybridized carbons (Fsp3) is 0.676. The van der Waals surface area contributed by atoms with Crippen LogP contribution in [-0.4, -0.2) is 71.0 Å². The van der Waals surface area contributed by atoms with Gasteiger partial charge in [-0.05, 0) is 48.5 Å². The second kappa shape index (κ2) is 11.3. The summed E-state index contributed by atoms with van der Waals surface area (Å²) in [5, 5.41) is 11.7. The zero-order valence-electron chi connectivity index (χ0n) is 25.3. The standard InChI is InChI=1S/C34H48N2O5/c1-6-32(4)21-27(33(5)23(2)12-14-34(24(3)31(32)40)15-13-26(37)30(33)34)41-29(39)20-28(38)36-18-16-35(17-19-36)22-25-10-8-7-9-11-25/h6-11,23-24,27,30-31,40H,1,12-22H2,2-5H3/t23?,24-,27+,30?,31-,32+,33-,34-/m0/s1. The molecule has 1 saturated heterocycles. The van der Waals surface area contributed by atoms with Crippen molar-refractivity contribution in [3.63, 3.8) is 0 Å². The summed E-state index contributed by atoms with van der Waals surface area (Å²) in [6.07, 6.45) is 3.63. The van der Waals surface area contributed by atoms with E-state index in [-0.39, 0.29) is 41.3 Å². The van der Waals surface area contributed by atoms with Crippen molar-refractivity contribution in [2.24, 2.45) is 34.0 Å². The van der Waals surface area contributed by atoms with Crippen LogP contribution in [0.5, 0.6) is 0 Å². The molecule has 3 saturated carbocycles. The van der Waals surface area contributed by atoms with Crippen molar-refractivity contribution in [3.05, 3.63) is 48.6 Å². The highest BCUT2D eigenvalue weighted by Gasteiger charge is 2.68. The number of benzene rings is 1. The van der Waals surface area contributed by atoms with Crippen molar-refractivity contribution in [1.82, 2.24) is 9.80 Å². The normalized spacial score (nSPS) is 39.4. The molecular formula is C34H48N2O5. The van der Waals surface area contributed by atoms with Gasteiger partial charge >= 0.3 is 5.97 Å². The highest BCUT2D eigenvalue weighted by molar-refractivity contribution is 5.94. The van der Waals surface area contributed by atoms with Gasteiger partial charge in [-0.15, -0.1) is 6.58 Å². The number of aliphatic hydroxyl groups is 1. The number of amides is 1. The Morgan fingerprint density at radius 2 is 1.78 bits per heavy atom. The predicted molar refractivity (Wildman–Crippen MR) is 158 cm³/mol. The third kappa shape index (κ3) is 5.18. The van der Waals surface area contributed by atoms with E-state index in [9.17, 15) is 19.5 Å². The van der Waals surface area contributed by atoms with E-state index in [4.69, 9.17) is 4.74 Å². The minimum Gasteiger partial charge on any atom is -0.461 e. The molecule has 4 fully saturated rings. The van der Waals surface area contributed by atoms with Gasteiger partial charge in [-0.2, -0.15) is 0 Å². The van der Waals surface area contributed by atoms with E-state index < -0.39 is 29.0 Å². The van der Waals surface area contributed by atoms with Crippen LogP contribution in [-0.2, 0) is 25.7 Å². The van der Waals surface area contributed by atoms with Crippen LogP contribution in [0.4, 0.5) is 0 Å². The maximum absolute atomic E-state index is 13.6. The summed E-state index contributed by atoms with van der Waals surface area (Å²) in [5.41, 5.74) is -0.337. The Morgan fingerprint density at radius 3 is 2.44 bits per heavy atom. The lowest BCUT2D eigenvalue weighted by Gasteiger charge is -2.61. The first kappa shape index (κ1) is 30.0. The largest absolute Gasteiger partial charge is 0.461 e. The fourth-order valence-corrected chi connectivity index (χ4v) is 8.93. The molecular weight excluding hydrogens is 516 g/mol. The van der Waals surface area contributed by atoms with E-state index in [1.807, 2.05) is 25.1 Å². The summed E-state index contributed by atoms with van der Waals surface area (Å²) in [6.45, 7) is 16.0. The van der Waals surface area contributed by atoms with Crippen molar-refractivity contribution in [3.8, 4) is 0 Å². The first-order chi connectivity index (χ1) is 19.4. The van der Waals surface area contributed by atoms with Gasteiger partial charge in [0.05, 0.1) is 6.10 Å². The van der Waals surface area contributed by atoms with Crippen LogP contribution in [0.15, 0.2) is 43.0 Å². The van der Waals surface area contributed by atoms with Gasteiger partial charge < -0.3 is 14.7 Å². The van der Waals surface area contributed by atoms with Crippen LogP contribution in [0.25, 0.3) is 0 Å². The molecule has 2 unspecified atom stereocenters. The number of aliphatic hydroxyl groups excluding tert-OH is 1. The van der Waals surface area contributed by atoms with Gasteiger partial charge in [0, 0.05) is 55.9 Å². The molecule has 7 nitrogen and oxygen atoms in total. The third-order valence-electron chi connectivity index (χ3n) is 11.8. The number of esters is 1. The van der Waals surface area contributed by atoms with Gasteiger partial charge in [-0.25, -0.2) is 0 Å². The molecule has 1 N–H and O–H groups in total. The number of carbonyl (C=O) groups excluding carboxylic acids is 3. The average Bonchev–Trinajstić information content (AvgIpc) is 3.32. The van der Waals surface area contributed by atoms with Gasteiger partial charge in [0.2, 0.25) is 5.91 Å². The van der Waals surface area contributed by atoms with Crippen molar-refractivity contribution in [2.45, 2.75) is 85.0 Å². The molecule has 1 aliphatic heterocycles. The number of carbonyl (C=O) groups is 3. The summed E-state index contributed by atoms with van der Waals surface area (Å²) in [6, 6.07) is 10.3. The number of piperazine rings is 1. The molecule has 5 rings (SSSR count). The van der Waals surface area contributed by atoms with Crippen LogP contribution in [0.2, 0.25) is 0 Å². The Balaban J connectivity index is 1.31. The van der Waals surface area contributed by atoms with Gasteiger partial charge in [-0.1, -0.05) is 64.1 Å². The molecule has 4 aliphatic rings. The minimum absolute atomic E-state index is 0.0763. The fourth-order valence-electron chi connectivity index (χ4n) is 8.93. The molecule has 2 bridgehead atoms. The molecule has 1 aromatic carbocycles. The summed E-state index contributed by atoms with van der Waals surface area (Å²) in [5.74, 6) is -0.725. The maximum Gasteiger partial charge on any atom is 0.315 e. The number of hydrogen-bond donors (Lipinski definition) is 1. The van der Waals surface area contributed by atoms with Crippen LogP contribution in [0.1, 0.15) is 71.8 Å². The van der Waals surface area contributed by atoms with E-state index in [0.717, 1.165) is 38.9 Å². The number of hydrogen-bond acceptors (Lipinski definition) is 6. The molecule has 41 heavy (non-hydrogen) atoms. The van der Waals surface area contributed by atoms with Gasteiger partial charge in [0.1, 0.15) is 18.3 Å². The van der Waals surface area contributed by atoms with Crippen molar-refractivity contribution >= 4 is 17.7 Å². The Labute approximate surface area is 245 Å². The number of rotatable bonds is 6. The zero-order chi connectivity index (χ0) is 29.6. The monoisotopic (exact) mass is 564 g/mol. The quantitative estimate of drug-likeness (QED) is 0.308. The molecule has 0 aromatic heterocycles. The maximum atomic E-state index is 13.6. The second-order valence-corrected chi connectivity index (χ2v) is 13.9. The van der Waals surface area contributed by atoms with E-state index in [1.54, 1.807) is 11.0 Å². The van der Waals surface area contributed by atoms with Crippen molar-refractivity contribution in [1.29, 1.82) is 0 Å². The molecule has 7 heteroatoms. The van der Waals surface area contributed by atoms with Crippen molar-refractivity contribution < 1.29 is 24.2 Å². The molecule has 3 aliphatic carbocycles. The van der Waals surface area contributed by atoms with Crippen LogP contribution in [0, 0.1) is 34.0 Å². The van der Waals surface area contributed by atoms with Gasteiger partial charge in [0.25, 0.3) is 0 Å². The van der Waals surface area contributed by atoms with E-state index in [2.05, 4.69) is 44.4 Å². The minimum atomic E-state index is -0.707. The lowest BCUT2D eigenvalue weighted by atomic mass is 9.44. The Kier molecular flexibility index (Phi) is 8.25. The van der Waals surface area contributed by atoms with Crippen LogP contribution in [0.3, 0.4) is 0 Å². The number of ketones is 1. The summed E-state index contributed by atoms with van der Waals surface area (Å²) in [4.78, 5) is 44.3. The number of ether oxygens (including phenoxy) is 1. The molecule has 0 spiro atoms. The van der Waals surface area contributed by atoms with Gasteiger partial charge in [-0.3, -0.25) is 19.3 Å². The highest BCUT2D eigenvalue weighted by Crippen LogP contribution is 2.68. The predicted octanol–water partition coefficient (Wildman–Crippen LogP) is 4.63. The molecule has 224 valence electrons. The average molecular weight is 565 g/mol. The lowest BCUT2D eigenvalue weighted by molar-refractivity contribution is -0.207. The first-order valence-electron chi connectivity index (χ1n) is 15.5. The lowest BCUT2D eigenvalue weighted by Crippen LogP contribution is -2.63. The molecule has 1 heterocycles. The Hall–Kier alpha value is -2.51. The number of Topliss-reactive ketones (excluding diaryl/α,β-unsaturated/α-hetero) is 1. The molecule has 0 radical (unpaired) electrons. The van der Waals surface area contributed by atoms with Crippen LogP contribution < -0.4 is 0 Å². The van der Waals surface area contributed by atoms with Crippen molar-refractivity contribution in [2.75, 3.05) is 26.2 Å². The molecule has 1 amide bonds. The van der Waals surface area contributed by atoms with E-state index in [0.29, 0.717) is 25.9 Å². The SMILES string of the molecule is C=C[C@]1(C)C[C@@H](OC(=O)CC(=O)N2CCN(Cc3ccccc3)CC2)[C@]2(C)C(C)CC[C@]3(CCC(=O)C32)[C@@H](C)[C@@H]1O. The van der Waals surface area contributed by atoms with Crippen LogP contribution >= 0.6 is 0 Å². The van der Waals surface area contributed by atoms with E-state index in [1.165, 1.54) is 5.56 Å². The molecule has 8 atom stereocenters. The molecule has 1 aromatic rings. The summed E-state index contributed by atoms with van der Waals surface area (Å²) >= 11 is 0. The zero-order valence-corrected chi connectivity index (χ0v) is 25.3. The topological polar surface area (TPSA) is 87.2 Å². The summed E-state index contributed by atoms with van der Waals surface area (Å²) in [7, 11) is 0.